The van der Waals surface area contributed by atoms with Gasteiger partial charge in [0.25, 0.3) is 0 Å². The molecule has 9 heavy (non-hydrogen) atoms. The molecule has 0 saturated heterocycles. The van der Waals surface area contributed by atoms with Gasteiger partial charge in [-0.05, 0) is 14.0 Å². The van der Waals surface area contributed by atoms with Crippen LogP contribution in [0.1, 0.15) is 11.6 Å². The van der Waals surface area contributed by atoms with Gasteiger partial charge in [-0.15, -0.1) is 0 Å². The number of aryl methyl sites for hydroxylation is 1. The molecule has 50 valence electrons. The van der Waals surface area contributed by atoms with Crippen LogP contribution in [-0.4, -0.2) is 12.0 Å². The maximum atomic E-state index is 5.03. The fourth-order valence-corrected chi connectivity index (χ4v) is 0.635. The maximum Gasteiger partial charge on any atom is 0.208 e. The van der Waals surface area contributed by atoms with E-state index in [0.717, 1.165) is 11.6 Å². The maximum absolute atomic E-state index is 5.03. The summed E-state index contributed by atoms with van der Waals surface area (Å²) in [4.78, 5) is 4.07. The van der Waals surface area contributed by atoms with Crippen LogP contribution in [0.4, 0.5) is 0 Å². The Morgan fingerprint density at radius 3 is 3.00 bits per heavy atom. The first-order chi connectivity index (χ1) is 4.33. The van der Waals surface area contributed by atoms with E-state index in [0.29, 0.717) is 6.54 Å². The zero-order valence-electron chi connectivity index (χ0n) is 5.64. The molecule has 3 nitrogen and oxygen atoms in total. The van der Waals surface area contributed by atoms with E-state index in [1.54, 1.807) is 6.26 Å². The Labute approximate surface area is 54.1 Å². The average molecular weight is 126 g/mol. The van der Waals surface area contributed by atoms with Crippen molar-refractivity contribution in [2.45, 2.75) is 13.5 Å². The summed E-state index contributed by atoms with van der Waals surface area (Å²) < 4.78 is 5.03. The minimum Gasteiger partial charge on any atom is -0.447 e. The highest BCUT2D eigenvalue weighted by Gasteiger charge is 1.95. The van der Waals surface area contributed by atoms with Crippen molar-refractivity contribution in [3.05, 3.63) is 17.8 Å². The minimum atomic E-state index is 0.702. The van der Waals surface area contributed by atoms with Gasteiger partial charge < -0.3 is 9.73 Å². The van der Waals surface area contributed by atoms with Crippen molar-refractivity contribution in [2.24, 2.45) is 0 Å². The zero-order valence-corrected chi connectivity index (χ0v) is 5.64. The lowest BCUT2D eigenvalue weighted by molar-refractivity contribution is 0.480. The van der Waals surface area contributed by atoms with Gasteiger partial charge in [0.1, 0.15) is 6.26 Å². The normalized spacial score (nSPS) is 10.0. The number of hydrogen-bond acceptors (Lipinski definition) is 3. The third kappa shape index (κ3) is 1.54. The molecule has 1 rings (SSSR count). The van der Waals surface area contributed by atoms with Gasteiger partial charge in [-0.25, -0.2) is 4.98 Å². The number of oxazole rings is 1. The van der Waals surface area contributed by atoms with E-state index in [1.807, 2.05) is 14.0 Å². The van der Waals surface area contributed by atoms with Crippen molar-refractivity contribution in [1.29, 1.82) is 0 Å². The quantitative estimate of drug-likeness (QED) is 0.634. The highest BCUT2D eigenvalue weighted by atomic mass is 16.3. The monoisotopic (exact) mass is 126 g/mol. The number of nitrogens with one attached hydrogen (secondary N) is 1. The summed E-state index contributed by atoms with van der Waals surface area (Å²) in [7, 11) is 1.86. The second-order valence-corrected chi connectivity index (χ2v) is 1.91. The topological polar surface area (TPSA) is 38.1 Å². The predicted molar refractivity (Wildman–Crippen MR) is 34.0 cm³/mol. The Bertz CT molecular complexity index is 183. The van der Waals surface area contributed by atoms with Gasteiger partial charge in [0, 0.05) is 0 Å². The lowest BCUT2D eigenvalue weighted by Gasteiger charge is -1.87. The first kappa shape index (κ1) is 6.29. The Morgan fingerprint density at radius 1 is 1.78 bits per heavy atom. The summed E-state index contributed by atoms with van der Waals surface area (Å²) >= 11 is 0. The van der Waals surface area contributed by atoms with E-state index in [4.69, 9.17) is 4.42 Å². The van der Waals surface area contributed by atoms with Gasteiger partial charge in [0.2, 0.25) is 5.89 Å². The van der Waals surface area contributed by atoms with Gasteiger partial charge in [0.05, 0.1) is 12.2 Å². The largest absolute Gasteiger partial charge is 0.447 e. The highest BCUT2D eigenvalue weighted by Crippen LogP contribution is 1.98. The van der Waals surface area contributed by atoms with Crippen LogP contribution in [0, 0.1) is 6.92 Å². The third-order valence-corrected chi connectivity index (χ3v) is 0.995. The van der Waals surface area contributed by atoms with Gasteiger partial charge in [-0.2, -0.15) is 0 Å². The van der Waals surface area contributed by atoms with Crippen LogP contribution < -0.4 is 5.32 Å². The third-order valence-electron chi connectivity index (χ3n) is 0.995. The molecule has 0 aliphatic heterocycles. The summed E-state index contributed by atoms with van der Waals surface area (Å²) in [5.41, 5.74) is 0.931. The van der Waals surface area contributed by atoms with Crippen LogP contribution in [0.15, 0.2) is 10.7 Å². The number of rotatable bonds is 2. The molecule has 0 spiro atoms. The molecule has 1 aromatic heterocycles. The van der Waals surface area contributed by atoms with E-state index in [9.17, 15) is 0 Å². The van der Waals surface area contributed by atoms with Gasteiger partial charge in [0.15, 0.2) is 0 Å². The summed E-state index contributed by atoms with van der Waals surface area (Å²) in [5, 5.41) is 2.94. The molecule has 0 aliphatic rings. The fourth-order valence-electron chi connectivity index (χ4n) is 0.635. The van der Waals surface area contributed by atoms with Crippen LogP contribution in [0.25, 0.3) is 0 Å². The van der Waals surface area contributed by atoms with Crippen LogP contribution in [-0.2, 0) is 6.54 Å². The number of nitrogens with zero attached hydrogens (tertiary/aromatic N) is 1. The molecular weight excluding hydrogens is 116 g/mol. The number of hydrogen-bond donors (Lipinski definition) is 1. The lowest BCUT2D eigenvalue weighted by Crippen LogP contribution is -2.04. The summed E-state index contributed by atoms with van der Waals surface area (Å²) in [5.74, 6) is 0.745. The van der Waals surface area contributed by atoms with Gasteiger partial charge in [-0.3, -0.25) is 0 Å². The van der Waals surface area contributed by atoms with E-state index in [-0.39, 0.29) is 0 Å². The Morgan fingerprint density at radius 2 is 2.56 bits per heavy atom. The van der Waals surface area contributed by atoms with Gasteiger partial charge >= 0.3 is 0 Å². The fraction of sp³-hybridized carbons (Fsp3) is 0.500. The zero-order chi connectivity index (χ0) is 6.69. The second kappa shape index (κ2) is 2.64. The minimum absolute atomic E-state index is 0.702. The molecule has 0 amide bonds. The Balaban J connectivity index is 2.61. The van der Waals surface area contributed by atoms with Crippen LogP contribution in [0.2, 0.25) is 0 Å². The molecule has 0 atom stereocenters. The van der Waals surface area contributed by atoms with E-state index >= 15 is 0 Å². The molecule has 1 heterocycles. The highest BCUT2D eigenvalue weighted by molar-refractivity contribution is 4.91. The molecule has 3 heteroatoms. The molecular formula is C6H10N2O. The van der Waals surface area contributed by atoms with E-state index < -0.39 is 0 Å². The van der Waals surface area contributed by atoms with E-state index in [2.05, 4.69) is 10.3 Å². The Kier molecular flexibility index (Phi) is 1.85. The van der Waals surface area contributed by atoms with Crippen molar-refractivity contribution >= 4 is 0 Å². The molecule has 0 unspecified atom stereocenters. The van der Waals surface area contributed by atoms with Crippen LogP contribution in [0.3, 0.4) is 0 Å². The molecule has 1 N–H and O–H groups in total. The lowest BCUT2D eigenvalue weighted by atomic mass is 10.6. The van der Waals surface area contributed by atoms with Crippen LogP contribution >= 0.6 is 0 Å². The standard InChI is InChI=1S/C6H10N2O/c1-5-4-9-6(8-5)3-7-2/h4,7H,3H2,1-2H3. The summed E-state index contributed by atoms with van der Waals surface area (Å²) in [6, 6.07) is 0. The summed E-state index contributed by atoms with van der Waals surface area (Å²) in [6.07, 6.45) is 1.65. The van der Waals surface area contributed by atoms with Crippen molar-refractivity contribution in [2.75, 3.05) is 7.05 Å². The van der Waals surface area contributed by atoms with Crippen molar-refractivity contribution in [3.63, 3.8) is 0 Å². The van der Waals surface area contributed by atoms with Crippen molar-refractivity contribution < 1.29 is 4.42 Å². The summed E-state index contributed by atoms with van der Waals surface area (Å²) in [6.45, 7) is 2.61. The molecule has 0 aromatic carbocycles. The number of aromatic nitrogens is 1. The SMILES string of the molecule is CNCc1nc(C)co1. The van der Waals surface area contributed by atoms with Gasteiger partial charge in [-0.1, -0.05) is 0 Å². The predicted octanol–water partition coefficient (Wildman–Crippen LogP) is 0.702. The van der Waals surface area contributed by atoms with Crippen molar-refractivity contribution in [3.8, 4) is 0 Å². The Hall–Kier alpha value is -0.830. The molecule has 0 saturated carbocycles. The average Bonchev–Trinajstić information content (AvgIpc) is 2.17. The first-order valence-electron chi connectivity index (χ1n) is 2.88. The molecule has 0 aliphatic carbocycles. The molecule has 0 radical (unpaired) electrons. The van der Waals surface area contributed by atoms with Crippen LogP contribution in [0.5, 0.6) is 0 Å². The molecule has 0 fully saturated rings. The van der Waals surface area contributed by atoms with E-state index in [1.165, 1.54) is 0 Å². The smallest absolute Gasteiger partial charge is 0.208 e. The second-order valence-electron chi connectivity index (χ2n) is 1.91. The van der Waals surface area contributed by atoms with Crippen molar-refractivity contribution in [1.82, 2.24) is 10.3 Å². The molecule has 0 bridgehead atoms. The first-order valence-corrected chi connectivity index (χ1v) is 2.88. The molecule has 1 aromatic rings.